The molecule has 7 N–H and O–H groups in total. The van der Waals surface area contributed by atoms with Crippen molar-refractivity contribution in [1.82, 2.24) is 59.9 Å². The molecule has 0 aliphatic carbocycles. The van der Waals surface area contributed by atoms with Gasteiger partial charge in [0.25, 0.3) is 0 Å². The summed E-state index contributed by atoms with van der Waals surface area (Å²) < 4.78 is 16.0. The molecule has 94 heavy (non-hydrogen) atoms. The lowest BCUT2D eigenvalue weighted by Crippen LogP contribution is -2.50. The van der Waals surface area contributed by atoms with E-state index in [1.165, 1.54) is 12.1 Å². The van der Waals surface area contributed by atoms with E-state index < -0.39 is 23.9 Å². The Labute approximate surface area is 557 Å². The van der Waals surface area contributed by atoms with E-state index >= 15 is 0 Å². The van der Waals surface area contributed by atoms with Gasteiger partial charge in [0.05, 0.1) is 39.9 Å². The van der Waals surface area contributed by atoms with Gasteiger partial charge >= 0.3 is 25.4 Å². The number of nitrogens with zero attached hydrogens (tertiary/aromatic N) is 11. The van der Waals surface area contributed by atoms with Crippen LogP contribution < -0.4 is 10.8 Å². The SMILES string of the molecule is CC(C)(C)OC(=O)N1CC(c2nccnc2-c2ccccc2O)C1.CC(C)(C)OC(=O)N1CC(c2nccnc2-c2ccccc2O)C1.CC(C)(C)OC(=O)N1CC(c2nccnc2Cl)C1.Cl.OB(O)c1ccccc1O.Oc1ccccc1-c1nccnc1C1CNC1. The van der Waals surface area contributed by atoms with Gasteiger partial charge in [-0.25, -0.2) is 19.4 Å². The average molecular weight is 1330 g/mol. The van der Waals surface area contributed by atoms with E-state index in [0.29, 0.717) is 72.9 Å². The Morgan fingerprint density at radius 2 is 0.702 bits per heavy atom. The number of carbonyl (C=O) groups is 3. The van der Waals surface area contributed by atoms with Crippen LogP contribution in [0.4, 0.5) is 14.4 Å². The largest absolute Gasteiger partial charge is 0.508 e. The van der Waals surface area contributed by atoms with Gasteiger partial charge in [-0.1, -0.05) is 66.2 Å². The fraction of sp³-hybridized carbons (Fsp3) is 0.358. The second kappa shape index (κ2) is 32.0. The highest BCUT2D eigenvalue weighted by Gasteiger charge is 2.40. The van der Waals surface area contributed by atoms with Crippen LogP contribution in [0.1, 0.15) is 109 Å². The molecule has 4 aliphatic heterocycles. The van der Waals surface area contributed by atoms with Crippen molar-refractivity contribution in [2.45, 2.75) is 103 Å². The zero-order valence-corrected chi connectivity index (χ0v) is 55.3. The maximum Gasteiger partial charge on any atom is 0.492 e. The van der Waals surface area contributed by atoms with Crippen LogP contribution in [0.3, 0.4) is 0 Å². The molecule has 0 bridgehead atoms. The topological polar surface area (TPSA) is 325 Å². The molecule has 0 radical (unpaired) electrons. The van der Waals surface area contributed by atoms with E-state index in [1.54, 1.807) is 113 Å². The van der Waals surface area contributed by atoms with Gasteiger partial charge in [0.1, 0.15) is 39.8 Å². The molecule has 4 saturated heterocycles. The number of rotatable bonds is 8. The van der Waals surface area contributed by atoms with Crippen molar-refractivity contribution in [3.8, 4) is 56.8 Å². The lowest BCUT2D eigenvalue weighted by molar-refractivity contribution is 0.00694. The third-order valence-corrected chi connectivity index (χ3v) is 14.8. The van der Waals surface area contributed by atoms with E-state index in [2.05, 4.69) is 45.2 Å². The van der Waals surface area contributed by atoms with Crippen LogP contribution in [-0.4, -0.2) is 180 Å². The molecule has 0 saturated carbocycles. The number of halogens is 2. The minimum atomic E-state index is -1.60. The smallest absolute Gasteiger partial charge is 0.492 e. The van der Waals surface area contributed by atoms with Crippen molar-refractivity contribution in [1.29, 1.82) is 0 Å². The van der Waals surface area contributed by atoms with Crippen LogP contribution in [0.25, 0.3) is 33.8 Å². The quantitative estimate of drug-likeness (QED) is 0.0549. The monoisotopic (exact) mass is 1320 g/mol. The standard InChI is InChI=1S/2C18H21N3O3.C13H13N3O.C12H16ClN3O2.C6H7BO3.ClH/c2*1-18(2,3)24-17(23)21-10-12(11-21)15-16(20-9-8-19-15)13-6-4-5-7-14(13)22;17-11-4-2-1-3-10(11)13-12(9-7-14-8-9)15-5-6-16-13;1-12(2,3)18-11(17)16-6-8(7-16)9-10(13)15-5-4-14-9;8-6-4-2-1-3-5(6)7(9)10;/h2*4-9,12,22H,10-11H2,1-3H3;1-6,9,14,17H,7-8H2;4-5,8H,6-7H2,1-3H3;1-4,8-10H;1H. The van der Waals surface area contributed by atoms with Gasteiger partial charge in [0.2, 0.25) is 0 Å². The highest BCUT2D eigenvalue weighted by Crippen LogP contribution is 2.39. The Hall–Kier alpha value is -9.27. The van der Waals surface area contributed by atoms with Crippen LogP contribution >= 0.6 is 24.0 Å². The second-order valence-electron chi connectivity index (χ2n) is 25.2. The predicted molar refractivity (Wildman–Crippen MR) is 357 cm³/mol. The van der Waals surface area contributed by atoms with Gasteiger partial charge in [0.15, 0.2) is 5.15 Å². The fourth-order valence-corrected chi connectivity index (χ4v) is 10.0. The second-order valence-corrected chi connectivity index (χ2v) is 25.5. The van der Waals surface area contributed by atoms with Crippen LogP contribution in [-0.2, 0) is 14.2 Å². The molecule has 4 aromatic carbocycles. The molecule has 4 fully saturated rings. The van der Waals surface area contributed by atoms with Gasteiger partial charge < -0.3 is 64.7 Å². The minimum Gasteiger partial charge on any atom is -0.508 e. The van der Waals surface area contributed by atoms with Crippen molar-refractivity contribution in [2.24, 2.45) is 0 Å². The third kappa shape index (κ3) is 19.6. The van der Waals surface area contributed by atoms with E-state index in [-0.39, 0.29) is 76.9 Å². The molecule has 0 spiro atoms. The molecular formula is C67H79BCl2N12O12. The lowest BCUT2D eigenvalue weighted by Gasteiger charge is -2.39. The van der Waals surface area contributed by atoms with Crippen LogP contribution in [0.2, 0.25) is 5.15 Å². The van der Waals surface area contributed by atoms with Gasteiger partial charge in [-0.2, -0.15) is 0 Å². The first-order valence-electron chi connectivity index (χ1n) is 30.2. The number of amides is 3. The van der Waals surface area contributed by atoms with Gasteiger partial charge in [-0.05, 0) is 105 Å². The molecule has 27 heteroatoms. The number of phenolic OH excluding ortho intramolecular Hbond substituents is 4. The maximum absolute atomic E-state index is 12.1. The minimum absolute atomic E-state index is 0. The van der Waals surface area contributed by atoms with E-state index in [4.69, 9.17) is 41.0 Å². The molecule has 496 valence electrons. The van der Waals surface area contributed by atoms with E-state index in [1.807, 2.05) is 98.7 Å². The molecule has 3 amide bonds. The molecule has 0 atom stereocenters. The zero-order valence-electron chi connectivity index (χ0n) is 53.7. The van der Waals surface area contributed by atoms with E-state index in [9.17, 15) is 29.7 Å². The molecule has 24 nitrogen and oxygen atoms in total. The summed E-state index contributed by atoms with van der Waals surface area (Å²) in [7, 11) is -1.60. The first kappa shape index (κ1) is 72.2. The highest BCUT2D eigenvalue weighted by molar-refractivity contribution is 6.59. The number of phenols is 4. The summed E-state index contributed by atoms with van der Waals surface area (Å²) in [6.07, 6.45) is 12.1. The maximum atomic E-state index is 12.1. The number of para-hydroxylation sites is 4. The Morgan fingerprint density at radius 1 is 0.426 bits per heavy atom. The summed E-state index contributed by atoms with van der Waals surface area (Å²) >= 11 is 5.96. The van der Waals surface area contributed by atoms with Crippen molar-refractivity contribution in [3.63, 3.8) is 0 Å². The Morgan fingerprint density at radius 3 is 0.979 bits per heavy atom. The van der Waals surface area contributed by atoms with Crippen molar-refractivity contribution in [2.75, 3.05) is 52.4 Å². The number of carbonyl (C=O) groups excluding carboxylic acids is 3. The number of hydrogen-bond donors (Lipinski definition) is 7. The molecular weight excluding hydrogens is 1250 g/mol. The molecule has 0 unspecified atom stereocenters. The number of likely N-dealkylation sites (tertiary alicyclic amines) is 3. The Bertz CT molecular complexity index is 3710. The number of aromatic nitrogens is 8. The summed E-state index contributed by atoms with van der Waals surface area (Å²) in [5.74, 6) is 1.21. The molecule has 8 aromatic rings. The first-order chi connectivity index (χ1) is 44.1. The van der Waals surface area contributed by atoms with Crippen LogP contribution in [0, 0.1) is 0 Å². The predicted octanol–water partition coefficient (Wildman–Crippen LogP) is 9.86. The normalized spacial score (nSPS) is 14.6. The summed E-state index contributed by atoms with van der Waals surface area (Å²) in [5.41, 5.74) is 6.10. The fourth-order valence-electron chi connectivity index (χ4n) is 9.76. The van der Waals surface area contributed by atoms with Crippen molar-refractivity contribution in [3.05, 3.63) is 175 Å². The average Bonchev–Trinajstić information content (AvgIpc) is 0.800. The van der Waals surface area contributed by atoms with Crippen molar-refractivity contribution < 1.29 is 59.1 Å². The summed E-state index contributed by atoms with van der Waals surface area (Å²) in [6.45, 7) is 21.8. The third-order valence-electron chi connectivity index (χ3n) is 14.5. The summed E-state index contributed by atoms with van der Waals surface area (Å²) in [4.78, 5) is 75.4. The number of benzene rings is 4. The van der Waals surface area contributed by atoms with Gasteiger partial charge in [0, 0.05) is 148 Å². The molecule has 4 aromatic heterocycles. The van der Waals surface area contributed by atoms with Crippen molar-refractivity contribution >= 4 is 54.9 Å². The van der Waals surface area contributed by atoms with Crippen LogP contribution in [0.15, 0.2) is 147 Å². The first-order valence-corrected chi connectivity index (χ1v) is 30.5. The number of ether oxygens (including phenoxy) is 3. The Balaban J connectivity index is 0.000000170. The van der Waals surface area contributed by atoms with Gasteiger partial charge in [-0.3, -0.25) is 34.9 Å². The van der Waals surface area contributed by atoms with Crippen LogP contribution in [0.5, 0.6) is 23.0 Å². The number of hydrogen-bond acceptors (Lipinski definition) is 21. The highest BCUT2D eigenvalue weighted by atomic mass is 35.5. The lowest BCUT2D eigenvalue weighted by atomic mass is 9.80. The van der Waals surface area contributed by atoms with E-state index in [0.717, 1.165) is 47.1 Å². The molecule has 12 rings (SSSR count). The molecule has 8 heterocycles. The molecule has 4 aliphatic rings. The number of nitrogens with one attached hydrogen (secondary N) is 1. The number of aromatic hydroxyl groups is 4. The summed E-state index contributed by atoms with van der Waals surface area (Å²) in [5, 5.41) is 59.8. The Kier molecular flexibility index (Phi) is 24.6. The van der Waals surface area contributed by atoms with Gasteiger partial charge in [-0.15, -0.1) is 12.4 Å². The summed E-state index contributed by atoms with van der Waals surface area (Å²) in [6, 6.07) is 27.4. The zero-order chi connectivity index (χ0) is 67.2.